The van der Waals surface area contributed by atoms with E-state index in [-0.39, 0.29) is 30.2 Å². The normalized spacial score (nSPS) is 19.2. The molecule has 1 fully saturated rings. The molecule has 2 aliphatic heterocycles. The van der Waals surface area contributed by atoms with E-state index in [0.717, 1.165) is 17.7 Å². The quantitative estimate of drug-likeness (QED) is 0.292. The predicted molar refractivity (Wildman–Crippen MR) is 144 cm³/mol. The first-order valence-electron chi connectivity index (χ1n) is 13.3. The Morgan fingerprint density at radius 3 is 2.71 bits per heavy atom. The fourth-order valence-corrected chi connectivity index (χ4v) is 6.04. The molecule has 3 aromatic heterocycles. The molecule has 1 aromatic carbocycles. The van der Waals surface area contributed by atoms with Crippen LogP contribution in [0.5, 0.6) is 5.75 Å². The van der Waals surface area contributed by atoms with Gasteiger partial charge in [-0.1, -0.05) is 0 Å². The Labute approximate surface area is 237 Å². The number of ether oxygens (including phenoxy) is 2. The highest BCUT2D eigenvalue weighted by molar-refractivity contribution is 7.09. The first-order valence-corrected chi connectivity index (χ1v) is 14.2. The van der Waals surface area contributed by atoms with Gasteiger partial charge in [-0.15, -0.1) is 11.3 Å². The number of benzene rings is 1. The predicted octanol–water partition coefficient (Wildman–Crippen LogP) is 5.40. The van der Waals surface area contributed by atoms with Gasteiger partial charge in [0.15, 0.2) is 11.3 Å². The Bertz CT molecular complexity index is 1610. The highest BCUT2D eigenvalue weighted by Gasteiger charge is 2.37. The Morgan fingerprint density at radius 2 is 2.05 bits per heavy atom. The summed E-state index contributed by atoms with van der Waals surface area (Å²) in [5.41, 5.74) is 2.41. The number of imidazole rings is 1. The molecule has 1 N–H and O–H groups in total. The van der Waals surface area contributed by atoms with E-state index in [4.69, 9.17) is 14.5 Å². The molecule has 6 rings (SSSR count). The second-order valence-corrected chi connectivity index (χ2v) is 11.3. The summed E-state index contributed by atoms with van der Waals surface area (Å²) in [6.07, 6.45) is -3.25. The molecule has 216 valence electrons. The molecule has 9 nitrogen and oxygen atoms in total. The van der Waals surface area contributed by atoms with Crippen molar-refractivity contribution < 1.29 is 32.5 Å². The average molecular weight is 588 g/mol. The Hall–Kier alpha value is -3.55. The molecule has 0 spiro atoms. The van der Waals surface area contributed by atoms with Crippen LogP contribution in [0.4, 0.5) is 13.2 Å². The number of nitrogens with zero attached hydrogens (tertiary/aromatic N) is 5. The number of thiazole rings is 1. The van der Waals surface area contributed by atoms with Crippen molar-refractivity contribution in [3.8, 4) is 5.75 Å². The van der Waals surface area contributed by atoms with Crippen molar-refractivity contribution >= 4 is 28.5 Å². The van der Waals surface area contributed by atoms with Gasteiger partial charge in [0.1, 0.15) is 28.7 Å². The molecule has 2 aliphatic rings. The molecular formula is C28H28F3N5O4S. The van der Waals surface area contributed by atoms with Crippen LogP contribution >= 0.6 is 11.3 Å². The average Bonchev–Trinajstić information content (AvgIpc) is 3.47. The summed E-state index contributed by atoms with van der Waals surface area (Å²) in [5.74, 6) is -0.635. The summed E-state index contributed by atoms with van der Waals surface area (Å²) in [5, 5.41) is 11.9. The number of hydrogen-bond donors (Lipinski definition) is 1. The third-order valence-corrected chi connectivity index (χ3v) is 8.59. The molecule has 0 aliphatic carbocycles. The monoisotopic (exact) mass is 587 g/mol. The minimum atomic E-state index is -4.56. The number of rotatable bonds is 8. The SMILES string of the molecule is Cc1csc(COc2cc3c(cc2C(F)(F)F)CCN(Cc2nc4ccc(C(=O)O)nc4n2C[C@@H]2CCO2)[C@H]3C)n1. The van der Waals surface area contributed by atoms with Gasteiger partial charge < -0.3 is 19.1 Å². The van der Waals surface area contributed by atoms with Crippen molar-refractivity contribution in [3.05, 3.63) is 68.6 Å². The van der Waals surface area contributed by atoms with E-state index >= 15 is 0 Å². The minimum Gasteiger partial charge on any atom is -0.486 e. The second-order valence-electron chi connectivity index (χ2n) is 10.4. The first-order chi connectivity index (χ1) is 19.6. The van der Waals surface area contributed by atoms with Gasteiger partial charge >= 0.3 is 12.1 Å². The van der Waals surface area contributed by atoms with E-state index in [1.807, 2.05) is 23.8 Å². The van der Waals surface area contributed by atoms with E-state index < -0.39 is 17.7 Å². The highest BCUT2D eigenvalue weighted by Crippen LogP contribution is 2.42. The van der Waals surface area contributed by atoms with Gasteiger partial charge in [-0.3, -0.25) is 4.90 Å². The topological polar surface area (TPSA) is 103 Å². The molecule has 13 heteroatoms. The van der Waals surface area contributed by atoms with Gasteiger partial charge in [0, 0.05) is 30.3 Å². The maximum atomic E-state index is 14.0. The van der Waals surface area contributed by atoms with Gasteiger partial charge in [0.25, 0.3) is 0 Å². The van der Waals surface area contributed by atoms with Gasteiger partial charge in [0.05, 0.1) is 24.8 Å². The zero-order chi connectivity index (χ0) is 28.9. The molecule has 2 atom stereocenters. The number of aromatic carboxylic acids is 1. The van der Waals surface area contributed by atoms with Crippen molar-refractivity contribution in [2.75, 3.05) is 13.2 Å². The fraction of sp³-hybridized carbons (Fsp3) is 0.429. The Kier molecular flexibility index (Phi) is 7.20. The van der Waals surface area contributed by atoms with E-state index in [2.05, 4.69) is 14.9 Å². The maximum absolute atomic E-state index is 14.0. The molecule has 41 heavy (non-hydrogen) atoms. The third kappa shape index (κ3) is 5.53. The number of fused-ring (bicyclic) bond motifs is 2. The van der Waals surface area contributed by atoms with Crippen LogP contribution in [0.25, 0.3) is 11.2 Å². The van der Waals surface area contributed by atoms with Crippen molar-refractivity contribution in [2.24, 2.45) is 0 Å². The van der Waals surface area contributed by atoms with E-state index in [0.29, 0.717) is 60.2 Å². The van der Waals surface area contributed by atoms with Crippen LogP contribution in [-0.2, 0) is 37.0 Å². The maximum Gasteiger partial charge on any atom is 0.419 e. The zero-order valence-corrected chi connectivity index (χ0v) is 23.3. The van der Waals surface area contributed by atoms with Gasteiger partial charge in [-0.05, 0) is 62.1 Å². The molecule has 1 saturated heterocycles. The number of aromatic nitrogens is 4. The number of alkyl halides is 3. The van der Waals surface area contributed by atoms with Crippen LogP contribution in [0.1, 0.15) is 63.1 Å². The van der Waals surface area contributed by atoms with E-state index in [1.165, 1.54) is 29.5 Å². The number of halogens is 3. The molecule has 0 radical (unpaired) electrons. The first kappa shape index (κ1) is 27.6. The molecule has 0 amide bonds. The minimum absolute atomic E-state index is 0.0111. The highest BCUT2D eigenvalue weighted by atomic mass is 32.1. The molecule has 4 aromatic rings. The van der Waals surface area contributed by atoms with Crippen LogP contribution in [0.3, 0.4) is 0 Å². The van der Waals surface area contributed by atoms with Crippen molar-refractivity contribution in [3.63, 3.8) is 0 Å². The number of aryl methyl sites for hydroxylation is 1. The van der Waals surface area contributed by atoms with Crippen LogP contribution < -0.4 is 4.74 Å². The summed E-state index contributed by atoms with van der Waals surface area (Å²) in [4.78, 5) is 27.1. The third-order valence-electron chi connectivity index (χ3n) is 7.65. The Balaban J connectivity index is 1.31. The summed E-state index contributed by atoms with van der Waals surface area (Å²) < 4.78 is 55.3. The summed E-state index contributed by atoms with van der Waals surface area (Å²) in [6, 6.07) is 5.58. The lowest BCUT2D eigenvalue weighted by atomic mass is 9.91. The van der Waals surface area contributed by atoms with Crippen LogP contribution in [0, 0.1) is 6.92 Å². The van der Waals surface area contributed by atoms with Gasteiger partial charge in [0.2, 0.25) is 0 Å². The molecule has 0 bridgehead atoms. The van der Waals surface area contributed by atoms with Crippen LogP contribution in [-0.4, -0.2) is 54.8 Å². The van der Waals surface area contributed by atoms with Crippen molar-refractivity contribution in [1.82, 2.24) is 24.4 Å². The van der Waals surface area contributed by atoms with Gasteiger partial charge in [-0.25, -0.2) is 19.7 Å². The van der Waals surface area contributed by atoms with Gasteiger partial charge in [-0.2, -0.15) is 13.2 Å². The lowest BCUT2D eigenvalue weighted by Crippen LogP contribution is -2.36. The Morgan fingerprint density at radius 1 is 1.24 bits per heavy atom. The van der Waals surface area contributed by atoms with Crippen molar-refractivity contribution in [1.29, 1.82) is 0 Å². The molecule has 0 saturated carbocycles. The lowest BCUT2D eigenvalue weighted by molar-refractivity contribution is -0.139. The standard InChI is InChI=1S/C28H28F3N5O4S/c1-15-14-41-25(32-15)13-40-23-10-19-16(2)35(7-5-17(19)9-20(23)28(29,30)31)12-24-33-21-3-4-22(27(37)38)34-26(21)36(24)11-18-6-8-39-18/h3-4,9-10,14,16,18H,5-8,11-13H2,1-2H3,(H,37,38)/t16-,18-/m0/s1. The number of carboxylic acid groups (broad SMARTS) is 1. The number of pyridine rings is 1. The summed E-state index contributed by atoms with van der Waals surface area (Å²) in [6.45, 7) is 5.84. The van der Waals surface area contributed by atoms with Crippen LogP contribution in [0.15, 0.2) is 29.6 Å². The largest absolute Gasteiger partial charge is 0.486 e. The smallest absolute Gasteiger partial charge is 0.419 e. The summed E-state index contributed by atoms with van der Waals surface area (Å²) in [7, 11) is 0. The second kappa shape index (κ2) is 10.7. The fourth-order valence-electron chi connectivity index (χ4n) is 5.36. The number of carbonyl (C=O) groups is 1. The van der Waals surface area contributed by atoms with Crippen LogP contribution in [0.2, 0.25) is 0 Å². The molecule has 0 unspecified atom stereocenters. The van der Waals surface area contributed by atoms with E-state index in [1.54, 1.807) is 6.07 Å². The zero-order valence-electron chi connectivity index (χ0n) is 22.4. The van der Waals surface area contributed by atoms with Crippen molar-refractivity contribution in [2.45, 2.75) is 64.7 Å². The van der Waals surface area contributed by atoms with E-state index in [9.17, 15) is 23.1 Å². The number of carboxylic acids is 1. The molecule has 5 heterocycles. The molecular weight excluding hydrogens is 559 g/mol. The number of hydrogen-bond acceptors (Lipinski definition) is 8. The lowest BCUT2D eigenvalue weighted by Gasteiger charge is -2.36. The summed E-state index contributed by atoms with van der Waals surface area (Å²) >= 11 is 1.35.